The van der Waals surface area contributed by atoms with E-state index >= 15 is 0 Å². The van der Waals surface area contributed by atoms with Crippen molar-refractivity contribution in [2.75, 3.05) is 12.4 Å². The Morgan fingerprint density at radius 2 is 1.75 bits per heavy atom. The van der Waals surface area contributed by atoms with Crippen LogP contribution in [0.25, 0.3) is 0 Å². The number of benzene rings is 2. The molecular formula is C22H29FN4O. The zero-order chi connectivity index (χ0) is 20.5. The van der Waals surface area contributed by atoms with Crippen LogP contribution >= 0.6 is 0 Å². The lowest BCUT2D eigenvalue weighted by Crippen LogP contribution is -2.36. The molecule has 3 N–H and O–H groups in total. The van der Waals surface area contributed by atoms with E-state index in [1.165, 1.54) is 6.07 Å². The van der Waals surface area contributed by atoms with Gasteiger partial charge >= 0.3 is 0 Å². The lowest BCUT2D eigenvalue weighted by molar-refractivity contribution is -0.116. The van der Waals surface area contributed by atoms with Crippen molar-refractivity contribution in [1.29, 1.82) is 0 Å². The largest absolute Gasteiger partial charge is 0.352 e. The van der Waals surface area contributed by atoms with Crippen molar-refractivity contribution >= 4 is 17.6 Å². The Balaban J connectivity index is 1.88. The second-order valence-electron chi connectivity index (χ2n) is 7.21. The average molecular weight is 384 g/mol. The molecule has 28 heavy (non-hydrogen) atoms. The Morgan fingerprint density at radius 3 is 2.36 bits per heavy atom. The second kappa shape index (κ2) is 10.4. The van der Waals surface area contributed by atoms with Gasteiger partial charge in [0.2, 0.25) is 5.91 Å². The first-order valence-electron chi connectivity index (χ1n) is 9.45. The summed E-state index contributed by atoms with van der Waals surface area (Å²) >= 11 is 0. The molecule has 0 bridgehead atoms. The maximum absolute atomic E-state index is 13.6. The van der Waals surface area contributed by atoms with Crippen LogP contribution in [0.15, 0.2) is 47.5 Å². The number of aliphatic imine (C=N–C) groups is 1. The minimum absolute atomic E-state index is 0.0166. The van der Waals surface area contributed by atoms with E-state index in [0.717, 1.165) is 16.8 Å². The molecule has 2 aromatic carbocycles. The predicted molar refractivity (Wildman–Crippen MR) is 113 cm³/mol. The number of carbonyl (C=O) groups is 1. The number of rotatable bonds is 7. The molecule has 1 amide bonds. The van der Waals surface area contributed by atoms with Gasteiger partial charge in [-0.05, 0) is 47.7 Å². The van der Waals surface area contributed by atoms with E-state index in [-0.39, 0.29) is 11.7 Å². The van der Waals surface area contributed by atoms with Gasteiger partial charge in [0.1, 0.15) is 5.82 Å². The molecule has 0 saturated carbocycles. The number of hydrogen-bond acceptors (Lipinski definition) is 2. The van der Waals surface area contributed by atoms with E-state index in [9.17, 15) is 9.18 Å². The molecule has 0 aromatic heterocycles. The SMILES string of the molecule is CN=C(NCc1cccc(NC(=O)CC(C)C)c1)NCc1ccc(C)c(F)c1. The number of carbonyl (C=O) groups excluding carboxylic acids is 1. The van der Waals surface area contributed by atoms with Gasteiger partial charge in [0.05, 0.1) is 0 Å². The second-order valence-corrected chi connectivity index (χ2v) is 7.21. The number of nitrogens with one attached hydrogen (secondary N) is 3. The first-order valence-corrected chi connectivity index (χ1v) is 9.45. The van der Waals surface area contributed by atoms with E-state index in [0.29, 0.717) is 37.0 Å². The predicted octanol–water partition coefficient (Wildman–Crippen LogP) is 3.98. The van der Waals surface area contributed by atoms with Gasteiger partial charge < -0.3 is 16.0 Å². The highest BCUT2D eigenvalue weighted by atomic mass is 19.1. The molecular weight excluding hydrogens is 355 g/mol. The number of aryl methyl sites for hydroxylation is 1. The van der Waals surface area contributed by atoms with Crippen molar-refractivity contribution in [3.8, 4) is 0 Å². The molecule has 0 heterocycles. The molecule has 0 spiro atoms. The minimum Gasteiger partial charge on any atom is -0.352 e. The fourth-order valence-corrected chi connectivity index (χ4v) is 2.68. The number of amides is 1. The van der Waals surface area contributed by atoms with Crippen molar-refractivity contribution in [2.45, 2.75) is 40.3 Å². The number of hydrogen-bond donors (Lipinski definition) is 3. The summed E-state index contributed by atoms with van der Waals surface area (Å²) in [5.74, 6) is 0.748. The average Bonchev–Trinajstić information content (AvgIpc) is 2.64. The summed E-state index contributed by atoms with van der Waals surface area (Å²) in [5.41, 5.74) is 3.28. The summed E-state index contributed by atoms with van der Waals surface area (Å²) < 4.78 is 13.6. The van der Waals surface area contributed by atoms with Gasteiger partial charge in [0.25, 0.3) is 0 Å². The monoisotopic (exact) mass is 384 g/mol. The van der Waals surface area contributed by atoms with E-state index in [4.69, 9.17) is 0 Å². The third-order valence-electron chi connectivity index (χ3n) is 4.18. The van der Waals surface area contributed by atoms with Crippen molar-refractivity contribution in [3.63, 3.8) is 0 Å². The van der Waals surface area contributed by atoms with Gasteiger partial charge in [-0.2, -0.15) is 0 Å². The Hall–Kier alpha value is -2.89. The molecule has 0 atom stereocenters. The molecule has 0 aliphatic rings. The summed E-state index contributed by atoms with van der Waals surface area (Å²) in [6.07, 6.45) is 0.499. The molecule has 0 aliphatic heterocycles. The minimum atomic E-state index is -0.210. The van der Waals surface area contributed by atoms with Crippen molar-refractivity contribution < 1.29 is 9.18 Å². The van der Waals surface area contributed by atoms with E-state index < -0.39 is 0 Å². The first-order chi connectivity index (χ1) is 13.4. The molecule has 2 aromatic rings. The lowest BCUT2D eigenvalue weighted by Gasteiger charge is -2.13. The van der Waals surface area contributed by atoms with Gasteiger partial charge in [-0.1, -0.05) is 38.1 Å². The number of halogens is 1. The molecule has 0 radical (unpaired) electrons. The third kappa shape index (κ3) is 7.02. The van der Waals surface area contributed by atoms with Gasteiger partial charge in [-0.25, -0.2) is 4.39 Å². The van der Waals surface area contributed by atoms with Crippen molar-refractivity contribution in [3.05, 3.63) is 65.0 Å². The zero-order valence-electron chi connectivity index (χ0n) is 17.0. The Labute approximate surface area is 166 Å². The van der Waals surface area contributed by atoms with Gasteiger partial charge in [0, 0.05) is 32.2 Å². The normalized spacial score (nSPS) is 11.4. The van der Waals surface area contributed by atoms with Crippen molar-refractivity contribution in [2.24, 2.45) is 10.9 Å². The maximum atomic E-state index is 13.6. The summed E-state index contributed by atoms with van der Waals surface area (Å²) in [6.45, 7) is 6.80. The van der Waals surface area contributed by atoms with Crippen LogP contribution in [-0.4, -0.2) is 18.9 Å². The highest BCUT2D eigenvalue weighted by Gasteiger charge is 2.06. The highest BCUT2D eigenvalue weighted by Crippen LogP contribution is 2.12. The number of nitrogens with zero attached hydrogens (tertiary/aromatic N) is 1. The van der Waals surface area contributed by atoms with Gasteiger partial charge in [-0.3, -0.25) is 9.79 Å². The van der Waals surface area contributed by atoms with Crippen LogP contribution in [0.4, 0.5) is 10.1 Å². The van der Waals surface area contributed by atoms with Crippen LogP contribution in [0.3, 0.4) is 0 Å². The third-order valence-corrected chi connectivity index (χ3v) is 4.18. The standard InChI is InChI=1S/C22H29FN4O/c1-15(2)10-21(28)27-19-7-5-6-17(11-19)13-25-22(24-4)26-14-18-9-8-16(3)20(23)12-18/h5-9,11-12,15H,10,13-14H2,1-4H3,(H,27,28)(H2,24,25,26). The summed E-state index contributed by atoms with van der Waals surface area (Å²) in [7, 11) is 1.69. The topological polar surface area (TPSA) is 65.5 Å². The molecule has 150 valence electrons. The molecule has 0 unspecified atom stereocenters. The fourth-order valence-electron chi connectivity index (χ4n) is 2.68. The van der Waals surface area contributed by atoms with E-state index in [1.54, 1.807) is 20.0 Å². The quantitative estimate of drug-likeness (QED) is 0.500. The Kier molecular flexibility index (Phi) is 7.99. The van der Waals surface area contributed by atoms with Gasteiger partial charge in [-0.15, -0.1) is 0 Å². The Bertz CT molecular complexity index is 833. The van der Waals surface area contributed by atoms with E-state index in [2.05, 4.69) is 20.9 Å². The Morgan fingerprint density at radius 1 is 1.07 bits per heavy atom. The summed E-state index contributed by atoms with van der Waals surface area (Å²) in [5, 5.41) is 9.32. The van der Waals surface area contributed by atoms with Crippen LogP contribution in [0.5, 0.6) is 0 Å². The lowest BCUT2D eigenvalue weighted by atomic mass is 10.1. The van der Waals surface area contributed by atoms with Crippen LogP contribution in [0, 0.1) is 18.7 Å². The zero-order valence-corrected chi connectivity index (χ0v) is 17.0. The number of guanidine groups is 1. The fraction of sp³-hybridized carbons (Fsp3) is 0.364. The molecule has 5 nitrogen and oxygen atoms in total. The maximum Gasteiger partial charge on any atom is 0.224 e. The van der Waals surface area contributed by atoms with Crippen LogP contribution in [0.1, 0.15) is 37.0 Å². The van der Waals surface area contributed by atoms with Crippen molar-refractivity contribution in [1.82, 2.24) is 10.6 Å². The van der Waals surface area contributed by atoms with Crippen LogP contribution < -0.4 is 16.0 Å². The van der Waals surface area contributed by atoms with Crippen LogP contribution in [0.2, 0.25) is 0 Å². The smallest absolute Gasteiger partial charge is 0.224 e. The summed E-state index contributed by atoms with van der Waals surface area (Å²) in [6, 6.07) is 12.9. The number of anilines is 1. The molecule has 2 rings (SSSR count). The molecule has 0 aliphatic carbocycles. The molecule has 6 heteroatoms. The van der Waals surface area contributed by atoms with Gasteiger partial charge in [0.15, 0.2) is 5.96 Å². The van der Waals surface area contributed by atoms with Crippen LogP contribution in [-0.2, 0) is 17.9 Å². The first kappa shape index (κ1) is 21.4. The summed E-state index contributed by atoms with van der Waals surface area (Å²) in [4.78, 5) is 16.1. The molecule has 0 fully saturated rings. The van der Waals surface area contributed by atoms with E-state index in [1.807, 2.05) is 44.2 Å². The molecule has 0 saturated heterocycles. The highest BCUT2D eigenvalue weighted by molar-refractivity contribution is 5.90.